The maximum atomic E-state index is 12.3. The summed E-state index contributed by atoms with van der Waals surface area (Å²) in [4.78, 5) is 35.5. The van der Waals surface area contributed by atoms with Crippen molar-refractivity contribution in [2.45, 2.75) is 59.4 Å². The van der Waals surface area contributed by atoms with Gasteiger partial charge in [-0.25, -0.2) is 4.79 Å². The Kier molecular flexibility index (Phi) is 6.46. The smallest absolute Gasteiger partial charge is 0.319 e. The zero-order valence-corrected chi connectivity index (χ0v) is 16.4. The average molecular weight is 375 g/mol. The Morgan fingerprint density at radius 3 is 2.22 bits per heavy atom. The normalized spacial score (nSPS) is 19.9. The van der Waals surface area contributed by atoms with Gasteiger partial charge in [-0.05, 0) is 50.3 Å². The van der Waals surface area contributed by atoms with E-state index in [1.54, 1.807) is 12.1 Å². The van der Waals surface area contributed by atoms with Crippen LogP contribution in [0.4, 0.5) is 16.2 Å². The highest BCUT2D eigenvalue weighted by atomic mass is 16.4. The largest absolute Gasteiger partial charge is 0.481 e. The summed E-state index contributed by atoms with van der Waals surface area (Å²) in [5.74, 6) is -1.17. The summed E-state index contributed by atoms with van der Waals surface area (Å²) in [6, 6.07) is 5.03. The lowest BCUT2D eigenvalue weighted by molar-refractivity contribution is -0.142. The van der Waals surface area contributed by atoms with Crippen LogP contribution in [0, 0.1) is 18.3 Å². The SMILES string of the molecule is Cc1ccc(NC(=O)C(C)(C)C)cc1NC(=O)NC1CCC(C(=O)O)CC1. The minimum absolute atomic E-state index is 0.0234. The van der Waals surface area contributed by atoms with Crippen molar-refractivity contribution in [1.82, 2.24) is 5.32 Å². The summed E-state index contributed by atoms with van der Waals surface area (Å²) in [6.45, 7) is 7.38. The second kappa shape index (κ2) is 8.41. The third-order valence-corrected chi connectivity index (χ3v) is 4.84. The van der Waals surface area contributed by atoms with Gasteiger partial charge in [-0.15, -0.1) is 0 Å². The number of hydrogen-bond donors (Lipinski definition) is 4. The van der Waals surface area contributed by atoms with Crippen LogP contribution in [0.25, 0.3) is 0 Å². The van der Waals surface area contributed by atoms with Gasteiger partial charge < -0.3 is 21.1 Å². The molecule has 0 radical (unpaired) electrons. The first-order valence-corrected chi connectivity index (χ1v) is 9.28. The number of nitrogens with one attached hydrogen (secondary N) is 3. The van der Waals surface area contributed by atoms with Crippen LogP contribution in [0.15, 0.2) is 18.2 Å². The summed E-state index contributed by atoms with van der Waals surface area (Å²) in [6.07, 6.45) is 2.47. The number of amides is 3. The molecule has 0 spiro atoms. The molecular weight excluding hydrogens is 346 g/mol. The molecule has 1 fully saturated rings. The van der Waals surface area contributed by atoms with E-state index in [2.05, 4.69) is 16.0 Å². The van der Waals surface area contributed by atoms with E-state index in [9.17, 15) is 14.4 Å². The second-order valence-electron chi connectivity index (χ2n) is 8.22. The van der Waals surface area contributed by atoms with Crippen molar-refractivity contribution in [1.29, 1.82) is 0 Å². The lowest BCUT2D eigenvalue weighted by Crippen LogP contribution is -2.41. The average Bonchev–Trinajstić information content (AvgIpc) is 2.57. The fraction of sp³-hybridized carbons (Fsp3) is 0.550. The first-order chi connectivity index (χ1) is 12.6. The molecular formula is C20H29N3O4. The number of carbonyl (C=O) groups is 3. The van der Waals surface area contributed by atoms with Crippen LogP contribution in [0.2, 0.25) is 0 Å². The molecule has 0 atom stereocenters. The number of urea groups is 1. The predicted molar refractivity (Wildman–Crippen MR) is 105 cm³/mol. The van der Waals surface area contributed by atoms with E-state index in [1.165, 1.54) is 0 Å². The molecule has 7 nitrogen and oxygen atoms in total. The van der Waals surface area contributed by atoms with Crippen LogP contribution in [0.1, 0.15) is 52.0 Å². The number of carboxylic acids is 1. The Labute approximate surface area is 159 Å². The van der Waals surface area contributed by atoms with Crippen molar-refractivity contribution in [3.8, 4) is 0 Å². The van der Waals surface area contributed by atoms with Crippen molar-refractivity contribution in [3.05, 3.63) is 23.8 Å². The van der Waals surface area contributed by atoms with E-state index in [0.717, 1.165) is 5.56 Å². The van der Waals surface area contributed by atoms with Crippen molar-refractivity contribution >= 4 is 29.3 Å². The van der Waals surface area contributed by atoms with Gasteiger partial charge in [-0.2, -0.15) is 0 Å². The summed E-state index contributed by atoms with van der Waals surface area (Å²) in [7, 11) is 0. The van der Waals surface area contributed by atoms with Gasteiger partial charge >= 0.3 is 12.0 Å². The maximum Gasteiger partial charge on any atom is 0.319 e. The standard InChI is InChI=1S/C20H29N3O4/c1-12-5-8-15(21-18(26)20(2,3)4)11-16(12)23-19(27)22-14-9-6-13(7-10-14)17(24)25/h5,8,11,13-14H,6-7,9-10H2,1-4H3,(H,21,26)(H,24,25)(H2,22,23,27). The quantitative estimate of drug-likeness (QED) is 0.643. The molecule has 2 rings (SSSR count). The van der Waals surface area contributed by atoms with E-state index in [1.807, 2.05) is 33.8 Å². The molecule has 1 aromatic rings. The van der Waals surface area contributed by atoms with Crippen LogP contribution in [0.5, 0.6) is 0 Å². The number of hydrogen-bond acceptors (Lipinski definition) is 3. The monoisotopic (exact) mass is 375 g/mol. The van der Waals surface area contributed by atoms with Gasteiger partial charge in [0.2, 0.25) is 5.91 Å². The lowest BCUT2D eigenvalue weighted by Gasteiger charge is -2.27. The summed E-state index contributed by atoms with van der Waals surface area (Å²) >= 11 is 0. The van der Waals surface area contributed by atoms with E-state index in [0.29, 0.717) is 37.1 Å². The molecule has 0 bridgehead atoms. The molecule has 148 valence electrons. The molecule has 27 heavy (non-hydrogen) atoms. The summed E-state index contributed by atoms with van der Waals surface area (Å²) in [5.41, 5.74) is 1.62. The predicted octanol–water partition coefficient (Wildman–Crippen LogP) is 3.74. The molecule has 1 aromatic carbocycles. The number of aliphatic carboxylic acids is 1. The van der Waals surface area contributed by atoms with E-state index < -0.39 is 11.4 Å². The molecule has 1 aliphatic rings. The Morgan fingerprint density at radius 1 is 1.04 bits per heavy atom. The summed E-state index contributed by atoms with van der Waals surface area (Å²) in [5, 5.41) is 17.6. The zero-order chi connectivity index (χ0) is 20.2. The van der Waals surface area contributed by atoms with Gasteiger partial charge in [0.25, 0.3) is 0 Å². The number of carboxylic acid groups (broad SMARTS) is 1. The van der Waals surface area contributed by atoms with E-state index >= 15 is 0 Å². The van der Waals surface area contributed by atoms with Crippen LogP contribution in [-0.4, -0.2) is 29.1 Å². The topological polar surface area (TPSA) is 108 Å². The molecule has 0 heterocycles. The molecule has 3 amide bonds. The Morgan fingerprint density at radius 2 is 1.67 bits per heavy atom. The highest BCUT2D eigenvalue weighted by Crippen LogP contribution is 2.25. The fourth-order valence-corrected chi connectivity index (χ4v) is 2.98. The van der Waals surface area contributed by atoms with Crippen molar-refractivity contribution in [3.63, 3.8) is 0 Å². The minimum atomic E-state index is -0.761. The molecule has 0 aliphatic heterocycles. The number of rotatable bonds is 4. The number of aryl methyl sites for hydroxylation is 1. The second-order valence-corrected chi connectivity index (χ2v) is 8.22. The van der Waals surface area contributed by atoms with Crippen molar-refractivity contribution in [2.75, 3.05) is 10.6 Å². The highest BCUT2D eigenvalue weighted by molar-refractivity contribution is 5.96. The Balaban J connectivity index is 1.94. The molecule has 4 N–H and O–H groups in total. The van der Waals surface area contributed by atoms with Gasteiger partial charge in [0, 0.05) is 22.8 Å². The zero-order valence-electron chi connectivity index (χ0n) is 16.4. The fourth-order valence-electron chi connectivity index (χ4n) is 2.98. The van der Waals surface area contributed by atoms with Crippen LogP contribution < -0.4 is 16.0 Å². The minimum Gasteiger partial charge on any atom is -0.481 e. The number of benzene rings is 1. The molecule has 0 saturated heterocycles. The molecule has 0 unspecified atom stereocenters. The molecule has 1 saturated carbocycles. The number of anilines is 2. The van der Waals surface area contributed by atoms with Crippen molar-refractivity contribution < 1.29 is 19.5 Å². The number of carbonyl (C=O) groups excluding carboxylic acids is 2. The third kappa shape index (κ3) is 5.98. The van der Waals surface area contributed by atoms with Crippen LogP contribution >= 0.6 is 0 Å². The summed E-state index contributed by atoms with van der Waals surface area (Å²) < 4.78 is 0. The molecule has 1 aliphatic carbocycles. The molecule has 0 aromatic heterocycles. The maximum absolute atomic E-state index is 12.3. The first kappa shape index (κ1) is 20.7. The molecule has 7 heteroatoms. The van der Waals surface area contributed by atoms with Gasteiger partial charge in [0.1, 0.15) is 0 Å². The van der Waals surface area contributed by atoms with Gasteiger partial charge in [-0.3, -0.25) is 9.59 Å². The van der Waals surface area contributed by atoms with E-state index in [4.69, 9.17) is 5.11 Å². The third-order valence-electron chi connectivity index (χ3n) is 4.84. The Hall–Kier alpha value is -2.57. The van der Waals surface area contributed by atoms with Gasteiger partial charge in [0.15, 0.2) is 0 Å². The van der Waals surface area contributed by atoms with Crippen LogP contribution in [0.3, 0.4) is 0 Å². The van der Waals surface area contributed by atoms with E-state index in [-0.39, 0.29) is 23.9 Å². The van der Waals surface area contributed by atoms with Crippen LogP contribution in [-0.2, 0) is 9.59 Å². The first-order valence-electron chi connectivity index (χ1n) is 9.28. The highest BCUT2D eigenvalue weighted by Gasteiger charge is 2.27. The lowest BCUT2D eigenvalue weighted by atomic mass is 9.86. The Bertz CT molecular complexity index is 716. The van der Waals surface area contributed by atoms with Gasteiger partial charge in [0.05, 0.1) is 5.92 Å². The van der Waals surface area contributed by atoms with Crippen molar-refractivity contribution in [2.24, 2.45) is 11.3 Å². The van der Waals surface area contributed by atoms with Gasteiger partial charge in [-0.1, -0.05) is 26.8 Å².